The first-order valence-corrected chi connectivity index (χ1v) is 8.75. The van der Waals surface area contributed by atoms with Gasteiger partial charge in [-0.1, -0.05) is 12.1 Å². The van der Waals surface area contributed by atoms with Crippen molar-refractivity contribution in [2.75, 3.05) is 13.1 Å². The number of carbonyl (C=O) groups excluding carboxylic acids is 3. The summed E-state index contributed by atoms with van der Waals surface area (Å²) in [6.45, 7) is 6.29. The van der Waals surface area contributed by atoms with E-state index in [1.165, 1.54) is 6.92 Å². The summed E-state index contributed by atoms with van der Waals surface area (Å²) in [5, 5.41) is 2.71. The van der Waals surface area contributed by atoms with Crippen LogP contribution >= 0.6 is 0 Å². The van der Waals surface area contributed by atoms with Crippen molar-refractivity contribution in [1.82, 2.24) is 10.2 Å². The van der Waals surface area contributed by atoms with Gasteiger partial charge in [0.1, 0.15) is 11.8 Å². The molecule has 1 aromatic carbocycles. The van der Waals surface area contributed by atoms with E-state index in [-0.39, 0.29) is 17.6 Å². The van der Waals surface area contributed by atoms with Gasteiger partial charge in [0.25, 0.3) is 5.91 Å². The molecule has 0 aromatic heterocycles. The normalized spacial score (nSPS) is 16.7. The fourth-order valence-corrected chi connectivity index (χ4v) is 2.83. The Morgan fingerprint density at radius 1 is 1.12 bits per heavy atom. The van der Waals surface area contributed by atoms with Crippen LogP contribution in [0, 0.1) is 0 Å². The molecule has 0 radical (unpaired) electrons. The van der Waals surface area contributed by atoms with Gasteiger partial charge in [-0.2, -0.15) is 0 Å². The van der Waals surface area contributed by atoms with Crippen LogP contribution in [0.3, 0.4) is 0 Å². The minimum absolute atomic E-state index is 0.0566. The zero-order valence-electron chi connectivity index (χ0n) is 15.1. The molecule has 1 fully saturated rings. The smallest absolute Gasteiger partial charge is 0.261 e. The fraction of sp³-hybridized carbons (Fsp3) is 0.526. The molecular formula is C19H26N2O4. The number of likely N-dealkylation sites (tertiary alicyclic amines) is 1. The van der Waals surface area contributed by atoms with Gasteiger partial charge in [-0.25, -0.2) is 0 Å². The lowest BCUT2D eigenvalue weighted by Crippen LogP contribution is -2.51. The molecule has 1 aromatic rings. The highest BCUT2D eigenvalue weighted by Gasteiger charge is 2.25. The molecule has 0 aliphatic carbocycles. The van der Waals surface area contributed by atoms with Crippen molar-refractivity contribution >= 4 is 17.6 Å². The lowest BCUT2D eigenvalue weighted by molar-refractivity contribution is -0.138. The number of ether oxygens (including phenoxy) is 1. The molecule has 0 spiro atoms. The Hall–Kier alpha value is -2.37. The Labute approximate surface area is 148 Å². The number of nitrogens with one attached hydrogen (secondary N) is 1. The van der Waals surface area contributed by atoms with Crippen LogP contribution in [0.15, 0.2) is 24.3 Å². The molecule has 0 saturated carbocycles. The minimum Gasteiger partial charge on any atom is -0.481 e. The first kappa shape index (κ1) is 19.0. The lowest BCUT2D eigenvalue weighted by Gasteiger charge is -2.29. The highest BCUT2D eigenvalue weighted by atomic mass is 16.5. The molecule has 1 saturated heterocycles. The zero-order chi connectivity index (χ0) is 18.4. The molecule has 2 rings (SSSR count). The van der Waals surface area contributed by atoms with Gasteiger partial charge in [0, 0.05) is 18.7 Å². The van der Waals surface area contributed by atoms with E-state index in [4.69, 9.17) is 4.74 Å². The number of carbonyl (C=O) groups is 3. The third kappa shape index (κ3) is 5.31. The summed E-state index contributed by atoms with van der Waals surface area (Å²) in [6.07, 6.45) is 2.41. The summed E-state index contributed by atoms with van der Waals surface area (Å²) in [4.78, 5) is 37.9. The number of hydrogen-bond acceptors (Lipinski definition) is 4. The van der Waals surface area contributed by atoms with Crippen LogP contribution in [0.2, 0.25) is 0 Å². The molecule has 1 heterocycles. The van der Waals surface area contributed by atoms with E-state index in [1.807, 2.05) is 0 Å². The molecule has 0 bridgehead atoms. The second kappa shape index (κ2) is 8.65. The number of rotatable bonds is 6. The van der Waals surface area contributed by atoms with E-state index in [0.29, 0.717) is 11.3 Å². The number of benzene rings is 1. The first-order valence-electron chi connectivity index (χ1n) is 8.75. The predicted molar refractivity (Wildman–Crippen MR) is 94.6 cm³/mol. The molecule has 25 heavy (non-hydrogen) atoms. The van der Waals surface area contributed by atoms with E-state index in [0.717, 1.165) is 32.4 Å². The first-order chi connectivity index (χ1) is 11.9. The molecule has 1 unspecified atom stereocenters. The Morgan fingerprint density at radius 3 is 2.44 bits per heavy atom. The number of ketones is 1. The van der Waals surface area contributed by atoms with Crippen molar-refractivity contribution in [3.8, 4) is 5.75 Å². The lowest BCUT2D eigenvalue weighted by atomic mass is 10.1. The highest BCUT2D eigenvalue weighted by Crippen LogP contribution is 2.16. The van der Waals surface area contributed by atoms with Gasteiger partial charge >= 0.3 is 0 Å². The standard InChI is InChI=1S/C19H26N2O4/c1-13(19(24)21-10-5-4-6-11-21)20-18(23)15(3)25-17-9-7-8-16(12-17)14(2)22/h7-9,12-13,15H,4-6,10-11H2,1-3H3,(H,20,23)/t13-,15?/m0/s1. The van der Waals surface area contributed by atoms with Crippen LogP contribution in [-0.4, -0.2) is 47.7 Å². The summed E-state index contributed by atoms with van der Waals surface area (Å²) in [7, 11) is 0. The molecular weight excluding hydrogens is 320 g/mol. The van der Waals surface area contributed by atoms with Crippen molar-refractivity contribution in [3.63, 3.8) is 0 Å². The molecule has 6 nitrogen and oxygen atoms in total. The van der Waals surface area contributed by atoms with Crippen molar-refractivity contribution in [2.45, 2.75) is 52.2 Å². The van der Waals surface area contributed by atoms with Crippen LogP contribution in [0.5, 0.6) is 5.75 Å². The summed E-state index contributed by atoms with van der Waals surface area (Å²) in [6, 6.07) is 6.12. The average Bonchev–Trinajstić information content (AvgIpc) is 2.61. The van der Waals surface area contributed by atoms with Gasteiger partial charge in [-0.15, -0.1) is 0 Å². The fourth-order valence-electron chi connectivity index (χ4n) is 2.83. The Morgan fingerprint density at radius 2 is 1.80 bits per heavy atom. The second-order valence-electron chi connectivity index (χ2n) is 6.46. The largest absolute Gasteiger partial charge is 0.481 e. The van der Waals surface area contributed by atoms with Crippen LogP contribution in [0.4, 0.5) is 0 Å². The molecule has 2 atom stereocenters. The minimum atomic E-state index is -0.765. The summed E-state index contributed by atoms with van der Waals surface area (Å²) >= 11 is 0. The molecule has 1 aliphatic heterocycles. The van der Waals surface area contributed by atoms with Gasteiger partial charge in [-0.05, 0) is 52.2 Å². The maximum absolute atomic E-state index is 12.4. The van der Waals surface area contributed by atoms with Crippen LogP contribution in [-0.2, 0) is 9.59 Å². The van der Waals surface area contributed by atoms with Gasteiger partial charge < -0.3 is 15.0 Å². The molecule has 6 heteroatoms. The van der Waals surface area contributed by atoms with Crippen LogP contribution in [0.1, 0.15) is 50.4 Å². The predicted octanol–water partition coefficient (Wildman–Crippen LogP) is 2.17. The van der Waals surface area contributed by atoms with Gasteiger partial charge in [0.05, 0.1) is 0 Å². The van der Waals surface area contributed by atoms with E-state index < -0.39 is 12.1 Å². The van der Waals surface area contributed by atoms with E-state index in [2.05, 4.69) is 5.32 Å². The number of nitrogens with zero attached hydrogens (tertiary/aromatic N) is 1. The monoisotopic (exact) mass is 346 g/mol. The van der Waals surface area contributed by atoms with E-state index in [9.17, 15) is 14.4 Å². The topological polar surface area (TPSA) is 75.7 Å². The maximum atomic E-state index is 12.4. The average molecular weight is 346 g/mol. The number of amides is 2. The van der Waals surface area contributed by atoms with E-state index in [1.54, 1.807) is 43.0 Å². The second-order valence-corrected chi connectivity index (χ2v) is 6.46. The molecule has 2 amide bonds. The maximum Gasteiger partial charge on any atom is 0.261 e. The number of Topliss-reactive ketones (excluding diaryl/α,β-unsaturated/α-hetero) is 1. The molecule has 1 N–H and O–H groups in total. The van der Waals surface area contributed by atoms with Crippen molar-refractivity contribution in [3.05, 3.63) is 29.8 Å². The van der Waals surface area contributed by atoms with Gasteiger partial charge in [0.2, 0.25) is 5.91 Å². The summed E-state index contributed by atoms with van der Waals surface area (Å²) in [5.41, 5.74) is 0.527. The Bertz CT molecular complexity index is 638. The van der Waals surface area contributed by atoms with Crippen molar-refractivity contribution < 1.29 is 19.1 Å². The van der Waals surface area contributed by atoms with Crippen LogP contribution < -0.4 is 10.1 Å². The third-order valence-corrected chi connectivity index (χ3v) is 4.32. The van der Waals surface area contributed by atoms with E-state index >= 15 is 0 Å². The molecule has 136 valence electrons. The number of hydrogen-bond donors (Lipinski definition) is 1. The highest BCUT2D eigenvalue weighted by molar-refractivity contribution is 5.94. The number of piperidine rings is 1. The van der Waals surface area contributed by atoms with Crippen molar-refractivity contribution in [1.29, 1.82) is 0 Å². The van der Waals surface area contributed by atoms with Gasteiger partial charge in [-0.3, -0.25) is 14.4 Å². The zero-order valence-corrected chi connectivity index (χ0v) is 15.1. The third-order valence-electron chi connectivity index (χ3n) is 4.32. The Kier molecular flexibility index (Phi) is 6.56. The quantitative estimate of drug-likeness (QED) is 0.801. The SMILES string of the molecule is CC(=O)c1cccc(OC(C)C(=O)N[C@@H](C)C(=O)N2CCCCC2)c1. The van der Waals surface area contributed by atoms with Gasteiger partial charge in [0.15, 0.2) is 11.9 Å². The van der Waals surface area contributed by atoms with Crippen molar-refractivity contribution in [2.24, 2.45) is 0 Å². The summed E-state index contributed by atoms with van der Waals surface area (Å²) < 4.78 is 5.60. The summed E-state index contributed by atoms with van der Waals surface area (Å²) in [5.74, 6) is -0.0291. The Balaban J connectivity index is 1.89. The molecule has 1 aliphatic rings. The van der Waals surface area contributed by atoms with Crippen LogP contribution in [0.25, 0.3) is 0 Å².